The third-order valence-electron chi connectivity index (χ3n) is 2.87. The number of carbonyl (C=O) groups excluding carboxylic acids is 1. The molecule has 0 N–H and O–H groups in total. The van der Waals surface area contributed by atoms with Crippen molar-refractivity contribution in [2.24, 2.45) is 0 Å². The highest BCUT2D eigenvalue weighted by molar-refractivity contribution is 6.30. The number of rotatable bonds is 4. The summed E-state index contributed by atoms with van der Waals surface area (Å²) >= 11 is 5.77. The Morgan fingerprint density at radius 3 is 2.61 bits per heavy atom. The van der Waals surface area contributed by atoms with Crippen molar-refractivity contribution in [1.29, 1.82) is 0 Å². The smallest absolute Gasteiger partial charge is 0.185 e. The number of carbonyl (C=O) groups is 1. The monoisotopic (exact) mass is 265 g/mol. The van der Waals surface area contributed by atoms with Crippen LogP contribution in [0, 0.1) is 0 Å². The molecule has 4 heteroatoms. The molecule has 0 aliphatic carbocycles. The molecule has 1 aromatic carbocycles. The zero-order valence-electron chi connectivity index (χ0n) is 10.1. The van der Waals surface area contributed by atoms with E-state index in [0.717, 1.165) is 32.8 Å². The van der Waals surface area contributed by atoms with Gasteiger partial charge in [-0.15, -0.1) is 0 Å². The number of ether oxygens (including phenoxy) is 1. The standard InChI is InChI=1S/C14H16ClNO2/c15-13-5-3-12(4-6-13)14(17)2-1-7-16-8-10-18-11-9-16/h1-6H,7-11H2/b2-1+. The second-order valence-electron chi connectivity index (χ2n) is 4.19. The van der Waals surface area contributed by atoms with Crippen LogP contribution in [0.15, 0.2) is 36.4 Å². The van der Waals surface area contributed by atoms with Gasteiger partial charge in [0.05, 0.1) is 13.2 Å². The van der Waals surface area contributed by atoms with Crippen LogP contribution in [-0.4, -0.2) is 43.5 Å². The summed E-state index contributed by atoms with van der Waals surface area (Å²) < 4.78 is 5.26. The van der Waals surface area contributed by atoms with Crippen LogP contribution in [0.1, 0.15) is 10.4 Å². The van der Waals surface area contributed by atoms with Crippen molar-refractivity contribution < 1.29 is 9.53 Å². The van der Waals surface area contributed by atoms with Gasteiger partial charge in [0.15, 0.2) is 5.78 Å². The van der Waals surface area contributed by atoms with Gasteiger partial charge in [-0.3, -0.25) is 9.69 Å². The molecule has 0 atom stereocenters. The normalized spacial score (nSPS) is 17.2. The summed E-state index contributed by atoms with van der Waals surface area (Å²) in [5, 5.41) is 0.642. The van der Waals surface area contributed by atoms with Crippen molar-refractivity contribution in [2.75, 3.05) is 32.8 Å². The summed E-state index contributed by atoms with van der Waals surface area (Å²) in [6, 6.07) is 6.93. The number of ketones is 1. The van der Waals surface area contributed by atoms with Gasteiger partial charge in [-0.25, -0.2) is 0 Å². The second-order valence-corrected chi connectivity index (χ2v) is 4.62. The number of hydrogen-bond donors (Lipinski definition) is 0. The molecule has 18 heavy (non-hydrogen) atoms. The van der Waals surface area contributed by atoms with E-state index in [1.165, 1.54) is 0 Å². The number of benzene rings is 1. The van der Waals surface area contributed by atoms with Gasteiger partial charge in [0.2, 0.25) is 0 Å². The Kier molecular flexibility index (Phi) is 4.93. The molecule has 0 unspecified atom stereocenters. The lowest BCUT2D eigenvalue weighted by Gasteiger charge is -2.24. The fraction of sp³-hybridized carbons (Fsp3) is 0.357. The molecule has 0 radical (unpaired) electrons. The molecule has 1 saturated heterocycles. The van der Waals surface area contributed by atoms with Gasteiger partial charge in [-0.2, -0.15) is 0 Å². The summed E-state index contributed by atoms with van der Waals surface area (Å²) in [7, 11) is 0. The quantitative estimate of drug-likeness (QED) is 0.619. The van der Waals surface area contributed by atoms with Crippen LogP contribution >= 0.6 is 11.6 Å². The number of morpholine rings is 1. The largest absolute Gasteiger partial charge is 0.379 e. The highest BCUT2D eigenvalue weighted by atomic mass is 35.5. The molecule has 1 fully saturated rings. The lowest BCUT2D eigenvalue weighted by molar-refractivity contribution is 0.0434. The minimum atomic E-state index is 0.0138. The Morgan fingerprint density at radius 1 is 1.28 bits per heavy atom. The molecule has 0 amide bonds. The average Bonchev–Trinajstić information content (AvgIpc) is 2.40. The van der Waals surface area contributed by atoms with Crippen molar-refractivity contribution in [3.63, 3.8) is 0 Å². The third kappa shape index (κ3) is 3.95. The van der Waals surface area contributed by atoms with Crippen LogP contribution in [0.5, 0.6) is 0 Å². The number of hydrogen-bond acceptors (Lipinski definition) is 3. The lowest BCUT2D eigenvalue weighted by atomic mass is 10.1. The summed E-state index contributed by atoms with van der Waals surface area (Å²) in [4.78, 5) is 14.1. The first-order chi connectivity index (χ1) is 8.75. The van der Waals surface area contributed by atoms with Crippen LogP contribution in [0.25, 0.3) is 0 Å². The zero-order chi connectivity index (χ0) is 12.8. The van der Waals surface area contributed by atoms with Crippen molar-refractivity contribution in [3.05, 3.63) is 47.0 Å². The first kappa shape index (κ1) is 13.3. The van der Waals surface area contributed by atoms with Gasteiger partial charge >= 0.3 is 0 Å². The van der Waals surface area contributed by atoms with Gasteiger partial charge in [-0.1, -0.05) is 17.7 Å². The number of halogens is 1. The SMILES string of the molecule is O=C(/C=C/CN1CCOCC1)c1ccc(Cl)cc1. The Morgan fingerprint density at radius 2 is 1.94 bits per heavy atom. The van der Waals surface area contributed by atoms with E-state index in [2.05, 4.69) is 4.90 Å². The molecule has 0 saturated carbocycles. The van der Waals surface area contributed by atoms with E-state index in [1.54, 1.807) is 30.3 Å². The summed E-state index contributed by atoms with van der Waals surface area (Å²) in [5.41, 5.74) is 0.664. The van der Waals surface area contributed by atoms with Gasteiger partial charge in [0.25, 0.3) is 0 Å². The van der Waals surface area contributed by atoms with Gasteiger partial charge in [0.1, 0.15) is 0 Å². The van der Waals surface area contributed by atoms with Crippen LogP contribution in [0.3, 0.4) is 0 Å². The van der Waals surface area contributed by atoms with Crippen LogP contribution in [0.2, 0.25) is 5.02 Å². The van der Waals surface area contributed by atoms with Gasteiger partial charge < -0.3 is 4.74 Å². The minimum Gasteiger partial charge on any atom is -0.379 e. The van der Waals surface area contributed by atoms with Gasteiger partial charge in [0, 0.05) is 30.2 Å². The molecule has 1 aromatic rings. The number of nitrogens with zero attached hydrogens (tertiary/aromatic N) is 1. The first-order valence-electron chi connectivity index (χ1n) is 6.02. The van der Waals surface area contributed by atoms with E-state index in [-0.39, 0.29) is 5.78 Å². The molecule has 1 heterocycles. The van der Waals surface area contributed by atoms with E-state index >= 15 is 0 Å². The molecule has 0 spiro atoms. The molecule has 96 valence electrons. The fourth-order valence-corrected chi connectivity index (χ4v) is 1.93. The van der Waals surface area contributed by atoms with E-state index in [0.29, 0.717) is 10.6 Å². The van der Waals surface area contributed by atoms with Crippen molar-refractivity contribution >= 4 is 17.4 Å². The average molecular weight is 266 g/mol. The first-order valence-corrected chi connectivity index (χ1v) is 6.40. The fourth-order valence-electron chi connectivity index (χ4n) is 1.80. The predicted molar refractivity (Wildman–Crippen MR) is 72.2 cm³/mol. The maximum atomic E-state index is 11.8. The third-order valence-corrected chi connectivity index (χ3v) is 3.12. The lowest BCUT2D eigenvalue weighted by Crippen LogP contribution is -2.36. The second kappa shape index (κ2) is 6.69. The van der Waals surface area contributed by atoms with Crippen molar-refractivity contribution in [2.45, 2.75) is 0 Å². The highest BCUT2D eigenvalue weighted by Crippen LogP contribution is 2.10. The van der Waals surface area contributed by atoms with E-state index in [1.807, 2.05) is 6.08 Å². The van der Waals surface area contributed by atoms with E-state index in [9.17, 15) is 4.79 Å². The van der Waals surface area contributed by atoms with Crippen molar-refractivity contribution in [1.82, 2.24) is 4.90 Å². The maximum absolute atomic E-state index is 11.8. The Labute approximate surface area is 112 Å². The molecule has 1 aliphatic heterocycles. The van der Waals surface area contributed by atoms with Crippen LogP contribution in [0.4, 0.5) is 0 Å². The maximum Gasteiger partial charge on any atom is 0.185 e. The molecule has 0 aromatic heterocycles. The molecule has 2 rings (SSSR count). The Balaban J connectivity index is 1.84. The van der Waals surface area contributed by atoms with Crippen molar-refractivity contribution in [3.8, 4) is 0 Å². The van der Waals surface area contributed by atoms with Crippen LogP contribution < -0.4 is 0 Å². The molecular weight excluding hydrogens is 250 g/mol. The number of allylic oxidation sites excluding steroid dienone is 1. The molecular formula is C14H16ClNO2. The minimum absolute atomic E-state index is 0.0138. The molecule has 0 bridgehead atoms. The Bertz CT molecular complexity index is 422. The molecule has 3 nitrogen and oxygen atoms in total. The Hall–Kier alpha value is -1.16. The summed E-state index contributed by atoms with van der Waals surface area (Å²) in [6.07, 6.45) is 3.53. The molecule has 1 aliphatic rings. The zero-order valence-corrected chi connectivity index (χ0v) is 10.9. The van der Waals surface area contributed by atoms with E-state index < -0.39 is 0 Å². The van der Waals surface area contributed by atoms with E-state index in [4.69, 9.17) is 16.3 Å². The topological polar surface area (TPSA) is 29.5 Å². The summed E-state index contributed by atoms with van der Waals surface area (Å²) in [5.74, 6) is 0.0138. The van der Waals surface area contributed by atoms with Gasteiger partial charge in [-0.05, 0) is 30.3 Å². The highest BCUT2D eigenvalue weighted by Gasteiger charge is 2.08. The summed E-state index contributed by atoms with van der Waals surface area (Å²) in [6.45, 7) is 4.21. The predicted octanol–water partition coefficient (Wildman–Crippen LogP) is 2.41. The van der Waals surface area contributed by atoms with Crippen LogP contribution in [-0.2, 0) is 4.74 Å².